The van der Waals surface area contributed by atoms with E-state index in [4.69, 9.17) is 11.5 Å². The SMILES string of the molecule is CC(C)[C@H](NC(=O)CS)C(=O)N[C@@H](CCCCN)C(N)=O. The molecule has 0 aliphatic rings. The van der Waals surface area contributed by atoms with Crippen LogP contribution in [-0.4, -0.2) is 42.1 Å². The molecule has 6 N–H and O–H groups in total. The van der Waals surface area contributed by atoms with Crippen LogP contribution in [0.4, 0.5) is 0 Å². The Morgan fingerprint density at radius 1 is 1.14 bits per heavy atom. The minimum absolute atomic E-state index is 0.00769. The van der Waals surface area contributed by atoms with Gasteiger partial charge < -0.3 is 22.1 Å². The second-order valence-corrected chi connectivity index (χ2v) is 5.51. The van der Waals surface area contributed by atoms with E-state index in [1.165, 1.54) is 0 Å². The van der Waals surface area contributed by atoms with Gasteiger partial charge in [0.25, 0.3) is 0 Å². The van der Waals surface area contributed by atoms with Crippen LogP contribution in [0.15, 0.2) is 0 Å². The molecule has 0 aromatic heterocycles. The zero-order chi connectivity index (χ0) is 16.4. The van der Waals surface area contributed by atoms with E-state index in [0.29, 0.717) is 19.4 Å². The van der Waals surface area contributed by atoms with Gasteiger partial charge in [0, 0.05) is 0 Å². The van der Waals surface area contributed by atoms with Crippen molar-refractivity contribution in [1.82, 2.24) is 10.6 Å². The number of carbonyl (C=O) groups excluding carboxylic acids is 3. The van der Waals surface area contributed by atoms with Gasteiger partial charge in [0.05, 0.1) is 5.75 Å². The van der Waals surface area contributed by atoms with Crippen molar-refractivity contribution in [1.29, 1.82) is 0 Å². The summed E-state index contributed by atoms with van der Waals surface area (Å²) in [6.07, 6.45) is 1.88. The first-order chi connectivity index (χ1) is 9.83. The summed E-state index contributed by atoms with van der Waals surface area (Å²) in [5.41, 5.74) is 10.7. The molecule has 3 amide bonds. The van der Waals surface area contributed by atoms with E-state index in [1.807, 2.05) is 0 Å². The molecule has 0 rings (SSSR count). The fourth-order valence-corrected chi connectivity index (χ4v) is 1.89. The first kappa shape index (κ1) is 19.7. The quantitative estimate of drug-likeness (QED) is 0.266. The van der Waals surface area contributed by atoms with Crippen LogP contribution in [0, 0.1) is 5.92 Å². The Balaban J connectivity index is 4.67. The van der Waals surface area contributed by atoms with E-state index < -0.39 is 23.9 Å². The maximum absolute atomic E-state index is 12.2. The molecular formula is C13H26N4O3S. The lowest BCUT2D eigenvalue weighted by Crippen LogP contribution is -2.55. The average molecular weight is 318 g/mol. The van der Waals surface area contributed by atoms with Crippen molar-refractivity contribution < 1.29 is 14.4 Å². The highest BCUT2D eigenvalue weighted by atomic mass is 32.1. The third-order valence-electron chi connectivity index (χ3n) is 3.02. The highest BCUT2D eigenvalue weighted by molar-refractivity contribution is 7.81. The summed E-state index contributed by atoms with van der Waals surface area (Å²) in [5.74, 6) is -1.48. The van der Waals surface area contributed by atoms with Crippen LogP contribution in [0.25, 0.3) is 0 Å². The first-order valence-electron chi connectivity index (χ1n) is 7.03. The molecule has 0 saturated carbocycles. The summed E-state index contributed by atoms with van der Waals surface area (Å²) in [4.78, 5) is 35.0. The molecule has 21 heavy (non-hydrogen) atoms. The number of thiol groups is 1. The number of unbranched alkanes of at least 4 members (excludes halogenated alkanes) is 1. The highest BCUT2D eigenvalue weighted by Gasteiger charge is 2.27. The molecule has 0 saturated heterocycles. The Morgan fingerprint density at radius 2 is 1.76 bits per heavy atom. The Bertz CT molecular complexity index is 363. The van der Waals surface area contributed by atoms with Gasteiger partial charge >= 0.3 is 0 Å². The van der Waals surface area contributed by atoms with Crippen molar-refractivity contribution >= 4 is 30.4 Å². The van der Waals surface area contributed by atoms with E-state index >= 15 is 0 Å². The van der Waals surface area contributed by atoms with Gasteiger partial charge in [0.15, 0.2) is 0 Å². The maximum atomic E-state index is 12.2. The van der Waals surface area contributed by atoms with Crippen LogP contribution in [-0.2, 0) is 14.4 Å². The summed E-state index contributed by atoms with van der Waals surface area (Å²) < 4.78 is 0. The summed E-state index contributed by atoms with van der Waals surface area (Å²) in [6.45, 7) is 4.12. The molecule has 122 valence electrons. The van der Waals surface area contributed by atoms with Crippen LogP contribution in [0.3, 0.4) is 0 Å². The van der Waals surface area contributed by atoms with Crippen molar-refractivity contribution in [2.75, 3.05) is 12.3 Å². The normalized spacial score (nSPS) is 13.6. The lowest BCUT2D eigenvalue weighted by molar-refractivity contribution is -0.131. The standard InChI is InChI=1S/C13H26N4O3S/c1-8(2)11(17-10(18)7-21)13(20)16-9(12(15)19)5-3-4-6-14/h8-9,11,21H,3-7,14H2,1-2H3,(H2,15,19)(H,16,20)(H,17,18)/t9-,11-/m0/s1. The molecule has 0 heterocycles. The molecule has 0 aromatic carbocycles. The molecule has 0 fully saturated rings. The molecule has 2 atom stereocenters. The smallest absolute Gasteiger partial charge is 0.243 e. The Morgan fingerprint density at radius 3 is 2.19 bits per heavy atom. The predicted molar refractivity (Wildman–Crippen MR) is 84.7 cm³/mol. The number of nitrogens with two attached hydrogens (primary N) is 2. The maximum Gasteiger partial charge on any atom is 0.243 e. The van der Waals surface area contributed by atoms with E-state index in [9.17, 15) is 14.4 Å². The summed E-state index contributed by atoms with van der Waals surface area (Å²) in [5, 5.41) is 5.17. The van der Waals surface area contributed by atoms with Gasteiger partial charge in [-0.3, -0.25) is 14.4 Å². The van der Waals surface area contributed by atoms with Crippen molar-refractivity contribution in [3.63, 3.8) is 0 Å². The molecule has 0 aliphatic carbocycles. The lowest BCUT2D eigenvalue weighted by atomic mass is 10.0. The predicted octanol–water partition coefficient (Wildman–Crippen LogP) is -0.844. The molecule has 0 aromatic rings. The van der Waals surface area contributed by atoms with Gasteiger partial charge in [-0.1, -0.05) is 13.8 Å². The Hall–Kier alpha value is -1.28. The number of rotatable bonds is 10. The van der Waals surface area contributed by atoms with Gasteiger partial charge in [0.2, 0.25) is 17.7 Å². The number of hydrogen-bond acceptors (Lipinski definition) is 5. The van der Waals surface area contributed by atoms with Gasteiger partial charge in [-0.15, -0.1) is 0 Å². The highest BCUT2D eigenvalue weighted by Crippen LogP contribution is 2.05. The van der Waals surface area contributed by atoms with Gasteiger partial charge in [-0.2, -0.15) is 12.6 Å². The minimum Gasteiger partial charge on any atom is -0.368 e. The van der Waals surface area contributed by atoms with Crippen LogP contribution < -0.4 is 22.1 Å². The second-order valence-electron chi connectivity index (χ2n) is 5.20. The monoisotopic (exact) mass is 318 g/mol. The number of hydrogen-bond donors (Lipinski definition) is 5. The van der Waals surface area contributed by atoms with E-state index in [2.05, 4.69) is 23.3 Å². The zero-order valence-electron chi connectivity index (χ0n) is 12.6. The Labute approximate surface area is 131 Å². The van der Waals surface area contributed by atoms with Crippen molar-refractivity contribution in [3.8, 4) is 0 Å². The summed E-state index contributed by atoms with van der Waals surface area (Å²) >= 11 is 3.86. The number of primary amides is 1. The third-order valence-corrected chi connectivity index (χ3v) is 3.30. The van der Waals surface area contributed by atoms with Crippen LogP contribution in [0.2, 0.25) is 0 Å². The molecule has 0 spiro atoms. The molecule has 0 unspecified atom stereocenters. The molecule has 8 heteroatoms. The van der Waals surface area contributed by atoms with Gasteiger partial charge in [-0.25, -0.2) is 0 Å². The minimum atomic E-state index is -0.752. The number of nitrogens with one attached hydrogen (secondary N) is 2. The van der Waals surface area contributed by atoms with E-state index in [1.54, 1.807) is 13.8 Å². The zero-order valence-corrected chi connectivity index (χ0v) is 13.5. The van der Waals surface area contributed by atoms with Crippen molar-refractivity contribution in [2.24, 2.45) is 17.4 Å². The summed E-state index contributed by atoms with van der Waals surface area (Å²) in [6, 6.07) is -1.47. The largest absolute Gasteiger partial charge is 0.368 e. The molecular weight excluding hydrogens is 292 g/mol. The van der Waals surface area contributed by atoms with Crippen molar-refractivity contribution in [3.05, 3.63) is 0 Å². The van der Waals surface area contributed by atoms with Crippen LogP contribution in [0.1, 0.15) is 33.1 Å². The summed E-state index contributed by atoms with van der Waals surface area (Å²) in [7, 11) is 0. The van der Waals surface area contributed by atoms with Gasteiger partial charge in [-0.05, 0) is 31.7 Å². The molecule has 0 aliphatic heterocycles. The Kier molecular flexibility index (Phi) is 9.81. The van der Waals surface area contributed by atoms with Gasteiger partial charge in [0.1, 0.15) is 12.1 Å². The second kappa shape index (κ2) is 10.4. The molecule has 0 radical (unpaired) electrons. The average Bonchev–Trinajstić information content (AvgIpc) is 2.42. The fraction of sp³-hybridized carbons (Fsp3) is 0.769. The van der Waals surface area contributed by atoms with Crippen molar-refractivity contribution in [2.45, 2.75) is 45.2 Å². The topological polar surface area (TPSA) is 127 Å². The third kappa shape index (κ3) is 7.91. The first-order valence-corrected chi connectivity index (χ1v) is 7.66. The van der Waals surface area contributed by atoms with E-state index in [0.717, 1.165) is 6.42 Å². The number of amides is 3. The van der Waals surface area contributed by atoms with Crippen LogP contribution >= 0.6 is 12.6 Å². The molecule has 0 bridgehead atoms. The lowest BCUT2D eigenvalue weighted by Gasteiger charge is -2.24. The molecule has 7 nitrogen and oxygen atoms in total. The van der Waals surface area contributed by atoms with Crippen LogP contribution in [0.5, 0.6) is 0 Å². The number of carbonyl (C=O) groups is 3. The fourth-order valence-electron chi connectivity index (χ4n) is 1.79. The van der Waals surface area contributed by atoms with E-state index in [-0.39, 0.29) is 17.6 Å².